The Labute approximate surface area is 219 Å². The minimum Gasteiger partial charge on any atom is -0.478 e. The van der Waals surface area contributed by atoms with Gasteiger partial charge in [0.2, 0.25) is 5.91 Å². The predicted molar refractivity (Wildman–Crippen MR) is 135 cm³/mol. The number of hydrogen-bond donors (Lipinski definition) is 2. The van der Waals surface area contributed by atoms with Gasteiger partial charge in [0.25, 0.3) is 0 Å². The van der Waals surface area contributed by atoms with E-state index in [1.54, 1.807) is 17.0 Å². The number of carboxylic acids is 1. The Morgan fingerprint density at radius 1 is 0.947 bits per heavy atom. The number of benzene rings is 2. The second kappa shape index (κ2) is 12.7. The molecule has 206 valence electrons. The van der Waals surface area contributed by atoms with E-state index in [1.165, 1.54) is 24.3 Å². The van der Waals surface area contributed by atoms with Crippen molar-refractivity contribution >= 4 is 23.6 Å². The molecule has 3 rings (SSSR count). The minimum absolute atomic E-state index is 0.105. The van der Waals surface area contributed by atoms with E-state index in [4.69, 9.17) is 5.11 Å². The summed E-state index contributed by atoms with van der Waals surface area (Å²) in [7, 11) is 0. The summed E-state index contributed by atoms with van der Waals surface area (Å²) in [5, 5.41) is 11.9. The van der Waals surface area contributed by atoms with Gasteiger partial charge in [-0.15, -0.1) is 13.2 Å². The van der Waals surface area contributed by atoms with Gasteiger partial charge in [-0.2, -0.15) is 0 Å². The molecule has 1 fully saturated rings. The van der Waals surface area contributed by atoms with Crippen LogP contribution in [-0.2, 0) is 11.3 Å². The fourth-order valence-electron chi connectivity index (χ4n) is 4.68. The maximum Gasteiger partial charge on any atom is 0.573 e. The van der Waals surface area contributed by atoms with Gasteiger partial charge in [0.05, 0.1) is 5.56 Å². The molecule has 0 atom stereocenters. The molecule has 2 aromatic rings. The number of nitrogens with zero attached hydrogens (tertiary/aromatic N) is 2. The molecule has 1 aliphatic carbocycles. The smallest absolute Gasteiger partial charge is 0.478 e. The molecule has 0 radical (unpaired) electrons. The number of carbonyl (C=O) groups excluding carboxylic acids is 2. The maximum atomic E-state index is 13.4. The normalized spacial score (nSPS) is 17.4. The number of ether oxygens (including phenoxy) is 1. The van der Waals surface area contributed by atoms with Crippen molar-refractivity contribution in [3.63, 3.8) is 0 Å². The topological polar surface area (TPSA) is 99.2 Å². The second-order valence-electron chi connectivity index (χ2n) is 9.15. The van der Waals surface area contributed by atoms with Gasteiger partial charge in [-0.3, -0.25) is 4.79 Å². The Bertz CT molecular complexity index is 1090. The molecule has 2 N–H and O–H groups in total. The van der Waals surface area contributed by atoms with E-state index in [-0.39, 0.29) is 30.0 Å². The number of hydrogen-bond acceptors (Lipinski definition) is 4. The highest BCUT2D eigenvalue weighted by Crippen LogP contribution is 2.31. The first-order valence-corrected chi connectivity index (χ1v) is 12.5. The average Bonchev–Trinajstić information content (AvgIpc) is 2.88. The molecular formula is C27H32F3N3O5. The van der Waals surface area contributed by atoms with E-state index in [9.17, 15) is 27.6 Å². The van der Waals surface area contributed by atoms with E-state index in [0.717, 1.165) is 17.7 Å². The van der Waals surface area contributed by atoms with Crippen LogP contribution in [0.3, 0.4) is 0 Å². The fraction of sp³-hybridized carbons (Fsp3) is 0.444. The third kappa shape index (κ3) is 7.87. The minimum atomic E-state index is -4.82. The summed E-state index contributed by atoms with van der Waals surface area (Å²) >= 11 is 0. The first kappa shape index (κ1) is 28.8. The number of urea groups is 1. The molecule has 8 nitrogen and oxygen atoms in total. The summed E-state index contributed by atoms with van der Waals surface area (Å²) in [5.41, 5.74) is 1.14. The number of anilines is 1. The summed E-state index contributed by atoms with van der Waals surface area (Å²) < 4.78 is 41.2. The lowest BCUT2D eigenvalue weighted by molar-refractivity contribution is -0.274. The zero-order chi connectivity index (χ0) is 27.9. The van der Waals surface area contributed by atoms with E-state index in [0.29, 0.717) is 44.5 Å². The van der Waals surface area contributed by atoms with Crippen molar-refractivity contribution in [2.45, 2.75) is 58.5 Å². The van der Waals surface area contributed by atoms with Crippen molar-refractivity contribution in [3.8, 4) is 5.75 Å². The Balaban J connectivity index is 1.74. The van der Waals surface area contributed by atoms with Crippen LogP contribution in [0.2, 0.25) is 0 Å². The SMILES string of the molecule is CCN(CC)C(=O)C1CCC(N(Cc2ccc(C(=O)O)cc2)C(=O)Nc2ccc(OC(F)(F)F)cc2)CC1. The predicted octanol–water partition coefficient (Wildman–Crippen LogP) is 5.74. The summed E-state index contributed by atoms with van der Waals surface area (Å²) in [6, 6.07) is 10.4. The largest absolute Gasteiger partial charge is 0.573 e. The van der Waals surface area contributed by atoms with Gasteiger partial charge in [-0.25, -0.2) is 9.59 Å². The average molecular weight is 536 g/mol. The van der Waals surface area contributed by atoms with Gasteiger partial charge < -0.3 is 25.0 Å². The van der Waals surface area contributed by atoms with Gasteiger partial charge in [-0.05, 0) is 81.5 Å². The van der Waals surface area contributed by atoms with Crippen LogP contribution in [0.5, 0.6) is 5.75 Å². The number of rotatable bonds is 9. The first-order chi connectivity index (χ1) is 18.0. The maximum absolute atomic E-state index is 13.4. The van der Waals surface area contributed by atoms with E-state index in [2.05, 4.69) is 10.1 Å². The zero-order valence-electron chi connectivity index (χ0n) is 21.3. The number of alkyl halides is 3. The van der Waals surface area contributed by atoms with Crippen molar-refractivity contribution in [2.75, 3.05) is 18.4 Å². The highest BCUT2D eigenvalue weighted by Gasteiger charge is 2.33. The summed E-state index contributed by atoms with van der Waals surface area (Å²) in [4.78, 5) is 40.8. The van der Waals surface area contributed by atoms with Crippen molar-refractivity contribution < 1.29 is 37.4 Å². The monoisotopic (exact) mass is 535 g/mol. The number of halogens is 3. The van der Waals surface area contributed by atoms with Gasteiger partial charge in [0.1, 0.15) is 5.75 Å². The molecule has 0 spiro atoms. The molecule has 1 aliphatic rings. The molecule has 0 unspecified atom stereocenters. The number of aromatic carboxylic acids is 1. The summed E-state index contributed by atoms with van der Waals surface area (Å²) in [6.45, 7) is 5.36. The molecular weight excluding hydrogens is 503 g/mol. The van der Waals surface area contributed by atoms with Crippen molar-refractivity contribution in [3.05, 3.63) is 59.7 Å². The van der Waals surface area contributed by atoms with Crippen LogP contribution in [0.1, 0.15) is 55.5 Å². The Morgan fingerprint density at radius 2 is 1.53 bits per heavy atom. The Kier molecular flexibility index (Phi) is 9.60. The molecule has 1 saturated carbocycles. The number of amides is 3. The molecule has 3 amide bonds. The van der Waals surface area contributed by atoms with Crippen molar-refractivity contribution in [1.29, 1.82) is 0 Å². The van der Waals surface area contributed by atoms with Crippen LogP contribution < -0.4 is 10.1 Å². The third-order valence-corrected chi connectivity index (χ3v) is 6.72. The van der Waals surface area contributed by atoms with Gasteiger partial charge in [0.15, 0.2) is 0 Å². The molecule has 0 saturated heterocycles. The number of carbonyl (C=O) groups is 3. The summed E-state index contributed by atoms with van der Waals surface area (Å²) in [6.07, 6.45) is -2.34. The van der Waals surface area contributed by atoms with E-state index >= 15 is 0 Å². The molecule has 2 aromatic carbocycles. The molecule has 38 heavy (non-hydrogen) atoms. The zero-order valence-corrected chi connectivity index (χ0v) is 21.3. The molecule has 0 aliphatic heterocycles. The fourth-order valence-corrected chi connectivity index (χ4v) is 4.68. The quantitative estimate of drug-likeness (QED) is 0.426. The van der Waals surface area contributed by atoms with Crippen molar-refractivity contribution in [1.82, 2.24) is 9.80 Å². The highest BCUT2D eigenvalue weighted by atomic mass is 19.4. The van der Waals surface area contributed by atoms with Crippen LogP contribution >= 0.6 is 0 Å². The molecule has 0 heterocycles. The molecule has 0 bridgehead atoms. The number of carboxylic acid groups (broad SMARTS) is 1. The van der Waals surface area contributed by atoms with Crippen LogP contribution in [0.4, 0.5) is 23.7 Å². The summed E-state index contributed by atoms with van der Waals surface area (Å²) in [5.74, 6) is -1.44. The molecule has 11 heteroatoms. The van der Waals surface area contributed by atoms with Crippen LogP contribution in [0.15, 0.2) is 48.5 Å². The van der Waals surface area contributed by atoms with Crippen LogP contribution in [0.25, 0.3) is 0 Å². The third-order valence-electron chi connectivity index (χ3n) is 6.72. The van der Waals surface area contributed by atoms with Crippen LogP contribution in [-0.4, -0.2) is 58.3 Å². The lowest BCUT2D eigenvalue weighted by Crippen LogP contribution is -2.46. The first-order valence-electron chi connectivity index (χ1n) is 12.5. The van der Waals surface area contributed by atoms with E-state index in [1.807, 2.05) is 18.7 Å². The second-order valence-corrected chi connectivity index (χ2v) is 9.15. The van der Waals surface area contributed by atoms with Gasteiger partial charge in [-0.1, -0.05) is 12.1 Å². The Morgan fingerprint density at radius 3 is 2.03 bits per heavy atom. The lowest BCUT2D eigenvalue weighted by Gasteiger charge is -2.37. The van der Waals surface area contributed by atoms with Gasteiger partial charge in [0, 0.05) is 37.3 Å². The van der Waals surface area contributed by atoms with Crippen molar-refractivity contribution in [2.24, 2.45) is 5.92 Å². The van der Waals surface area contributed by atoms with E-state index < -0.39 is 24.1 Å². The number of nitrogens with one attached hydrogen (secondary N) is 1. The standard InChI is InChI=1S/C27H32F3N3O5/c1-3-32(4-2)24(34)19-9-13-22(14-10-19)33(17-18-5-7-20(8-6-18)25(35)36)26(37)31-21-11-15-23(16-12-21)38-27(28,29)30/h5-8,11-12,15-16,19,22H,3-4,9-10,13-14,17H2,1-2H3,(H,31,37)(H,35,36). The lowest BCUT2D eigenvalue weighted by atomic mass is 9.84. The highest BCUT2D eigenvalue weighted by molar-refractivity contribution is 5.90. The Hall–Kier alpha value is -3.76. The molecule has 0 aromatic heterocycles. The van der Waals surface area contributed by atoms with Crippen LogP contribution in [0, 0.1) is 5.92 Å². The van der Waals surface area contributed by atoms with Gasteiger partial charge >= 0.3 is 18.4 Å².